The van der Waals surface area contributed by atoms with E-state index in [9.17, 15) is 14.0 Å². The fourth-order valence-electron chi connectivity index (χ4n) is 4.28. The molecule has 5 rings (SSSR count). The lowest BCUT2D eigenvalue weighted by molar-refractivity contribution is -0.116. The number of hydrogen-bond donors (Lipinski definition) is 2. The van der Waals surface area contributed by atoms with Crippen molar-refractivity contribution >= 4 is 39.3 Å². The first kappa shape index (κ1) is 21.2. The van der Waals surface area contributed by atoms with E-state index >= 15 is 0 Å². The number of halogens is 2. The minimum Gasteiger partial charge on any atom is -0.343 e. The number of carbonyl (C=O) groups is 1. The van der Waals surface area contributed by atoms with Crippen LogP contribution < -0.4 is 10.9 Å². The molecular weight excluding hydrogens is 493 g/mol. The summed E-state index contributed by atoms with van der Waals surface area (Å²) in [4.78, 5) is 33.6. The van der Waals surface area contributed by atoms with Crippen molar-refractivity contribution in [3.63, 3.8) is 0 Å². The van der Waals surface area contributed by atoms with Crippen molar-refractivity contribution < 1.29 is 9.18 Å². The van der Waals surface area contributed by atoms with Gasteiger partial charge < -0.3 is 10.3 Å². The van der Waals surface area contributed by atoms with E-state index in [4.69, 9.17) is 0 Å². The van der Waals surface area contributed by atoms with E-state index in [1.807, 2.05) is 30.3 Å². The molecule has 2 heterocycles. The third-order valence-electron chi connectivity index (χ3n) is 5.70. The Morgan fingerprint density at radius 1 is 1.12 bits per heavy atom. The van der Waals surface area contributed by atoms with Crippen molar-refractivity contribution in [3.05, 3.63) is 97.1 Å². The first-order valence-corrected chi connectivity index (χ1v) is 12.1. The van der Waals surface area contributed by atoms with Gasteiger partial charge in [0.1, 0.15) is 11.6 Å². The molecule has 0 unspecified atom stereocenters. The molecule has 2 N–H and O–H groups in total. The Labute approximate surface area is 196 Å². The molecule has 2 aliphatic rings. The number of rotatable bonds is 4. The summed E-state index contributed by atoms with van der Waals surface area (Å²) in [5.74, 6) is 0.274. The van der Waals surface area contributed by atoms with Gasteiger partial charge in [-0.2, -0.15) is 0 Å². The van der Waals surface area contributed by atoms with Crippen LogP contribution in [0.3, 0.4) is 0 Å². The highest BCUT2D eigenvalue weighted by Gasteiger charge is 2.37. The van der Waals surface area contributed by atoms with Gasteiger partial charge in [0.15, 0.2) is 10.9 Å². The molecule has 0 bridgehead atoms. The van der Waals surface area contributed by atoms with Crippen LogP contribution in [0, 0.1) is 5.82 Å². The van der Waals surface area contributed by atoms with Gasteiger partial charge in [0, 0.05) is 33.8 Å². The minimum atomic E-state index is -0.458. The van der Waals surface area contributed by atoms with Gasteiger partial charge in [-0.25, -0.2) is 9.37 Å². The third-order valence-corrected chi connectivity index (χ3v) is 7.18. The van der Waals surface area contributed by atoms with Crippen LogP contribution in [0.2, 0.25) is 0 Å². The van der Waals surface area contributed by atoms with E-state index < -0.39 is 5.92 Å². The number of aromatic nitrogens is 2. The smallest absolute Gasteiger partial charge is 0.257 e. The molecule has 2 aromatic carbocycles. The fourth-order valence-corrected chi connectivity index (χ4v) is 5.34. The van der Waals surface area contributed by atoms with Crippen LogP contribution in [0.1, 0.15) is 41.9 Å². The first-order valence-electron chi connectivity index (χ1n) is 10.3. The summed E-state index contributed by atoms with van der Waals surface area (Å²) in [5, 5.41) is 3.72. The number of carbonyl (C=O) groups excluding carboxylic acids is 1. The number of allylic oxidation sites excluding steroid dienone is 2. The third kappa shape index (κ3) is 4.04. The van der Waals surface area contributed by atoms with Crippen LogP contribution in [0.4, 0.5) is 10.2 Å². The Morgan fingerprint density at radius 3 is 2.72 bits per heavy atom. The van der Waals surface area contributed by atoms with Crippen molar-refractivity contribution in [1.82, 2.24) is 9.97 Å². The molecular formula is C24H19BrFN3O2S. The number of Topliss-reactive ketones (excluding diaryl/α,β-unsaturated/α-hetero) is 1. The SMILES string of the molecule is O=C1CCCC2=C1[C@H](c1ccc(Br)cc1)c1c(nc(SCc3cccc(F)c3)[nH]c1=O)N2. The average molecular weight is 512 g/mol. The van der Waals surface area contributed by atoms with E-state index in [2.05, 4.69) is 31.2 Å². The number of nitrogens with one attached hydrogen (secondary N) is 2. The van der Waals surface area contributed by atoms with Gasteiger partial charge in [0.25, 0.3) is 5.56 Å². The van der Waals surface area contributed by atoms with Crippen LogP contribution >= 0.6 is 27.7 Å². The molecule has 0 spiro atoms. The molecule has 0 fully saturated rings. The lowest BCUT2D eigenvalue weighted by Crippen LogP contribution is -2.32. The van der Waals surface area contributed by atoms with Gasteiger partial charge in [-0.05, 0) is 48.2 Å². The number of anilines is 1. The molecule has 1 atom stereocenters. The Bertz CT molecular complexity index is 1300. The Kier molecular flexibility index (Phi) is 5.73. The summed E-state index contributed by atoms with van der Waals surface area (Å²) < 4.78 is 14.4. The summed E-state index contributed by atoms with van der Waals surface area (Å²) in [6.07, 6.45) is 2.00. The van der Waals surface area contributed by atoms with Crippen molar-refractivity contribution in [1.29, 1.82) is 0 Å². The summed E-state index contributed by atoms with van der Waals surface area (Å²) in [6, 6.07) is 14.0. The van der Waals surface area contributed by atoms with Crippen molar-refractivity contribution in [2.75, 3.05) is 5.32 Å². The fraction of sp³-hybridized carbons (Fsp3) is 0.208. The molecule has 1 aliphatic carbocycles. The highest BCUT2D eigenvalue weighted by atomic mass is 79.9. The highest BCUT2D eigenvalue weighted by molar-refractivity contribution is 9.10. The van der Waals surface area contributed by atoms with Crippen molar-refractivity contribution in [2.45, 2.75) is 36.1 Å². The molecule has 0 saturated carbocycles. The lowest BCUT2D eigenvalue weighted by atomic mass is 9.76. The average Bonchev–Trinajstić information content (AvgIpc) is 2.77. The Morgan fingerprint density at radius 2 is 1.94 bits per heavy atom. The highest BCUT2D eigenvalue weighted by Crippen LogP contribution is 2.43. The summed E-state index contributed by atoms with van der Waals surface area (Å²) in [7, 11) is 0. The van der Waals surface area contributed by atoms with Crippen LogP contribution in [0.25, 0.3) is 0 Å². The maximum atomic E-state index is 13.5. The summed E-state index contributed by atoms with van der Waals surface area (Å²) >= 11 is 4.78. The number of H-pyrrole nitrogens is 1. The van der Waals surface area contributed by atoms with E-state index in [1.165, 1.54) is 23.9 Å². The molecule has 32 heavy (non-hydrogen) atoms. The quantitative estimate of drug-likeness (QED) is 0.355. The second-order valence-electron chi connectivity index (χ2n) is 7.83. The number of benzene rings is 2. The molecule has 0 radical (unpaired) electrons. The standard InChI is InChI=1S/C24H19BrFN3O2S/c25-15-9-7-14(8-10-15)19-20-17(5-2-6-18(20)30)27-22-21(19)23(31)29-24(28-22)32-12-13-3-1-4-16(26)11-13/h1,3-4,7-11,19H,2,5-6,12H2,(H2,27,28,29,31)/t19-/m0/s1. The van der Waals surface area contributed by atoms with E-state index in [1.54, 1.807) is 6.07 Å². The van der Waals surface area contributed by atoms with Gasteiger partial charge in [-0.3, -0.25) is 9.59 Å². The molecule has 162 valence electrons. The van der Waals surface area contributed by atoms with Crippen molar-refractivity contribution in [3.8, 4) is 0 Å². The Hall–Kier alpha value is -2.71. The Balaban J connectivity index is 1.55. The number of aromatic amines is 1. The second kappa shape index (κ2) is 8.67. The van der Waals surface area contributed by atoms with Gasteiger partial charge in [-0.15, -0.1) is 0 Å². The summed E-state index contributed by atoms with van der Waals surface area (Å²) in [6.45, 7) is 0. The largest absolute Gasteiger partial charge is 0.343 e. The number of thioether (sulfide) groups is 1. The normalized spacial score (nSPS) is 17.6. The maximum Gasteiger partial charge on any atom is 0.257 e. The molecule has 0 saturated heterocycles. The van der Waals surface area contributed by atoms with E-state index in [0.29, 0.717) is 34.3 Å². The maximum absolute atomic E-state index is 13.5. The topological polar surface area (TPSA) is 74.8 Å². The van der Waals surface area contributed by atoms with E-state index in [0.717, 1.165) is 34.1 Å². The molecule has 1 aliphatic heterocycles. The predicted octanol–water partition coefficient (Wildman–Crippen LogP) is 5.53. The zero-order chi connectivity index (χ0) is 22.2. The first-order chi connectivity index (χ1) is 15.5. The lowest BCUT2D eigenvalue weighted by Gasteiger charge is -2.32. The molecule has 5 nitrogen and oxygen atoms in total. The minimum absolute atomic E-state index is 0.0706. The number of fused-ring (bicyclic) bond motifs is 1. The van der Waals surface area contributed by atoms with Gasteiger partial charge >= 0.3 is 0 Å². The van der Waals surface area contributed by atoms with Crippen LogP contribution in [-0.2, 0) is 10.5 Å². The monoisotopic (exact) mass is 511 g/mol. The van der Waals surface area contributed by atoms with Crippen LogP contribution in [0.5, 0.6) is 0 Å². The molecule has 3 aromatic rings. The van der Waals surface area contributed by atoms with Gasteiger partial charge in [0.05, 0.1) is 5.56 Å². The zero-order valence-corrected chi connectivity index (χ0v) is 19.4. The van der Waals surface area contributed by atoms with Gasteiger partial charge in [-0.1, -0.05) is 52.0 Å². The van der Waals surface area contributed by atoms with Gasteiger partial charge in [0.2, 0.25) is 0 Å². The number of nitrogens with zero attached hydrogens (tertiary/aromatic N) is 1. The number of hydrogen-bond acceptors (Lipinski definition) is 5. The van der Waals surface area contributed by atoms with E-state index in [-0.39, 0.29) is 17.2 Å². The summed E-state index contributed by atoms with van der Waals surface area (Å²) in [5.41, 5.74) is 3.38. The van der Waals surface area contributed by atoms with Crippen LogP contribution in [0.15, 0.2) is 74.2 Å². The zero-order valence-electron chi connectivity index (χ0n) is 17.0. The molecule has 0 amide bonds. The molecule has 1 aromatic heterocycles. The van der Waals surface area contributed by atoms with Crippen molar-refractivity contribution in [2.24, 2.45) is 0 Å². The molecule has 8 heteroatoms. The second-order valence-corrected chi connectivity index (χ2v) is 9.71. The number of ketones is 1. The van der Waals surface area contributed by atoms with Crippen LogP contribution in [-0.4, -0.2) is 15.8 Å². The predicted molar refractivity (Wildman–Crippen MR) is 126 cm³/mol.